The third-order valence-electron chi connectivity index (χ3n) is 5.04. The van der Waals surface area contributed by atoms with Gasteiger partial charge in [0.05, 0.1) is 11.4 Å². The van der Waals surface area contributed by atoms with Gasteiger partial charge in [-0.2, -0.15) is 0 Å². The van der Waals surface area contributed by atoms with E-state index in [2.05, 4.69) is 10.3 Å². The van der Waals surface area contributed by atoms with Gasteiger partial charge in [0.25, 0.3) is 5.91 Å². The molecule has 0 aliphatic carbocycles. The molecule has 1 aromatic heterocycles. The van der Waals surface area contributed by atoms with Gasteiger partial charge < -0.3 is 10.2 Å². The van der Waals surface area contributed by atoms with Gasteiger partial charge in [-0.25, -0.2) is 0 Å². The van der Waals surface area contributed by atoms with Gasteiger partial charge in [0.2, 0.25) is 5.91 Å². The Hall–Kier alpha value is -3.18. The Labute approximate surface area is 174 Å². The zero-order chi connectivity index (χ0) is 20.4. The summed E-state index contributed by atoms with van der Waals surface area (Å²) in [6.07, 6.45) is 4.80. The Kier molecular flexibility index (Phi) is 5.32. The van der Waals surface area contributed by atoms with E-state index in [1.54, 1.807) is 41.6 Å². The van der Waals surface area contributed by atoms with E-state index in [0.717, 1.165) is 23.1 Å². The average Bonchev–Trinajstić information content (AvgIpc) is 3.16. The maximum Gasteiger partial charge on any atom is 0.255 e. The zero-order valence-corrected chi connectivity index (χ0v) is 16.7. The first-order valence-electron chi connectivity index (χ1n) is 9.45. The fourth-order valence-corrected chi connectivity index (χ4v) is 3.69. The molecule has 0 spiro atoms. The summed E-state index contributed by atoms with van der Waals surface area (Å²) in [6, 6.07) is 14.6. The third kappa shape index (κ3) is 4.00. The van der Waals surface area contributed by atoms with Crippen LogP contribution in [0.2, 0.25) is 5.02 Å². The highest BCUT2D eigenvalue weighted by molar-refractivity contribution is 6.31. The second-order valence-corrected chi connectivity index (χ2v) is 7.47. The topological polar surface area (TPSA) is 62.3 Å². The number of carbonyl (C=O) groups excluding carboxylic acids is 2. The summed E-state index contributed by atoms with van der Waals surface area (Å²) in [7, 11) is 0. The van der Waals surface area contributed by atoms with Gasteiger partial charge in [-0.1, -0.05) is 23.7 Å². The molecule has 0 unspecified atom stereocenters. The quantitative estimate of drug-likeness (QED) is 0.657. The number of rotatable bonds is 4. The van der Waals surface area contributed by atoms with Crippen LogP contribution >= 0.6 is 11.6 Å². The Morgan fingerprint density at radius 2 is 2.03 bits per heavy atom. The first-order valence-corrected chi connectivity index (χ1v) is 9.83. The summed E-state index contributed by atoms with van der Waals surface area (Å²) >= 11 is 6.15. The van der Waals surface area contributed by atoms with Gasteiger partial charge in [0.15, 0.2) is 0 Å². The largest absolute Gasteiger partial charge is 0.320 e. The lowest BCUT2D eigenvalue weighted by molar-refractivity contribution is -0.117. The smallest absolute Gasteiger partial charge is 0.255 e. The van der Waals surface area contributed by atoms with E-state index >= 15 is 0 Å². The first-order chi connectivity index (χ1) is 14.0. The molecule has 0 bridgehead atoms. The third-order valence-corrected chi connectivity index (χ3v) is 5.28. The number of pyridine rings is 1. The lowest BCUT2D eigenvalue weighted by atomic mass is 9.99. The highest BCUT2D eigenvalue weighted by Crippen LogP contribution is 2.33. The number of hydrogen-bond donors (Lipinski definition) is 1. The molecule has 1 N–H and O–H groups in total. The number of nitrogens with zero attached hydrogens (tertiary/aromatic N) is 2. The van der Waals surface area contributed by atoms with Crippen molar-refractivity contribution in [2.45, 2.75) is 19.8 Å². The Morgan fingerprint density at radius 3 is 2.76 bits per heavy atom. The van der Waals surface area contributed by atoms with Crippen LogP contribution in [0.3, 0.4) is 0 Å². The second-order valence-electron chi connectivity index (χ2n) is 7.04. The molecule has 4 rings (SSSR count). The van der Waals surface area contributed by atoms with Crippen LogP contribution in [0, 0.1) is 6.92 Å². The molecular weight excluding hydrogens is 386 g/mol. The summed E-state index contributed by atoms with van der Waals surface area (Å²) in [5.41, 5.74) is 4.70. The summed E-state index contributed by atoms with van der Waals surface area (Å²) < 4.78 is 0. The minimum atomic E-state index is -0.245. The predicted molar refractivity (Wildman–Crippen MR) is 115 cm³/mol. The summed E-state index contributed by atoms with van der Waals surface area (Å²) in [5, 5.41) is 3.46. The van der Waals surface area contributed by atoms with Crippen LogP contribution in [0.5, 0.6) is 0 Å². The lowest BCUT2D eigenvalue weighted by Crippen LogP contribution is -2.25. The van der Waals surface area contributed by atoms with Gasteiger partial charge in [-0.15, -0.1) is 0 Å². The normalized spacial score (nSPS) is 13.6. The van der Waals surface area contributed by atoms with E-state index in [4.69, 9.17) is 11.6 Å². The van der Waals surface area contributed by atoms with Crippen molar-refractivity contribution in [3.63, 3.8) is 0 Å². The molecule has 29 heavy (non-hydrogen) atoms. The maximum atomic E-state index is 13.0. The molecule has 1 saturated heterocycles. The highest BCUT2D eigenvalue weighted by Gasteiger charge is 2.25. The van der Waals surface area contributed by atoms with Gasteiger partial charge >= 0.3 is 0 Å². The van der Waals surface area contributed by atoms with E-state index in [1.165, 1.54) is 0 Å². The number of carbonyl (C=O) groups is 2. The van der Waals surface area contributed by atoms with Crippen LogP contribution < -0.4 is 10.2 Å². The van der Waals surface area contributed by atoms with Crippen LogP contribution in [0.4, 0.5) is 11.4 Å². The van der Waals surface area contributed by atoms with Crippen molar-refractivity contribution in [1.82, 2.24) is 4.98 Å². The molecule has 146 valence electrons. The minimum Gasteiger partial charge on any atom is -0.320 e. The lowest BCUT2D eigenvalue weighted by Gasteiger charge is -2.20. The van der Waals surface area contributed by atoms with Gasteiger partial charge in [0.1, 0.15) is 0 Å². The number of aryl methyl sites for hydroxylation is 1. The van der Waals surface area contributed by atoms with Crippen LogP contribution in [-0.4, -0.2) is 23.3 Å². The van der Waals surface area contributed by atoms with E-state index in [9.17, 15) is 9.59 Å². The monoisotopic (exact) mass is 405 g/mol. The van der Waals surface area contributed by atoms with Crippen LogP contribution in [0.1, 0.15) is 28.8 Å². The zero-order valence-electron chi connectivity index (χ0n) is 16.0. The molecular formula is C23H20ClN3O2. The van der Waals surface area contributed by atoms with E-state index in [-0.39, 0.29) is 11.8 Å². The molecule has 1 aliphatic heterocycles. The summed E-state index contributed by atoms with van der Waals surface area (Å²) in [5.74, 6) is -0.206. The second kappa shape index (κ2) is 8.05. The van der Waals surface area contributed by atoms with Crippen molar-refractivity contribution in [3.05, 3.63) is 77.1 Å². The molecule has 0 radical (unpaired) electrons. The molecule has 5 nitrogen and oxygen atoms in total. The fourth-order valence-electron chi connectivity index (χ4n) is 3.53. The highest BCUT2D eigenvalue weighted by atomic mass is 35.5. The van der Waals surface area contributed by atoms with E-state index < -0.39 is 0 Å². The molecule has 2 aromatic carbocycles. The number of aromatic nitrogens is 1. The standard InChI is InChI=1S/C23H20ClN3O2/c1-15-6-7-16(12-19(15)17-4-2-10-25-14-17)23(29)26-20-9-8-18(24)13-21(20)27-11-3-5-22(27)28/h2,4,6-10,12-14H,3,5,11H2,1H3,(H,26,29). The van der Waals surface area contributed by atoms with Crippen LogP contribution in [0.25, 0.3) is 11.1 Å². The summed E-state index contributed by atoms with van der Waals surface area (Å²) in [4.78, 5) is 31.0. The minimum absolute atomic E-state index is 0.0389. The number of amides is 2. The van der Waals surface area contributed by atoms with Crippen LogP contribution in [-0.2, 0) is 4.79 Å². The van der Waals surface area contributed by atoms with Gasteiger partial charge in [-0.3, -0.25) is 14.6 Å². The fraction of sp³-hybridized carbons (Fsp3) is 0.174. The molecule has 3 aromatic rings. The summed E-state index contributed by atoms with van der Waals surface area (Å²) in [6.45, 7) is 2.62. The SMILES string of the molecule is Cc1ccc(C(=O)Nc2ccc(Cl)cc2N2CCCC2=O)cc1-c1cccnc1. The molecule has 2 amide bonds. The molecule has 0 saturated carbocycles. The van der Waals surface area contributed by atoms with Crippen molar-refractivity contribution in [2.75, 3.05) is 16.8 Å². The van der Waals surface area contributed by atoms with Crippen molar-refractivity contribution in [3.8, 4) is 11.1 Å². The van der Waals surface area contributed by atoms with Crippen molar-refractivity contribution >= 4 is 34.8 Å². The molecule has 1 aliphatic rings. The molecule has 2 heterocycles. The number of benzene rings is 2. The number of anilines is 2. The number of halogens is 1. The van der Waals surface area contributed by atoms with E-state index in [0.29, 0.717) is 34.9 Å². The predicted octanol–water partition coefficient (Wildman–Crippen LogP) is 5.09. The van der Waals surface area contributed by atoms with Crippen molar-refractivity contribution in [1.29, 1.82) is 0 Å². The Bertz CT molecular complexity index is 1080. The van der Waals surface area contributed by atoms with Crippen molar-refractivity contribution in [2.24, 2.45) is 0 Å². The Morgan fingerprint density at radius 1 is 1.17 bits per heavy atom. The van der Waals surface area contributed by atoms with Crippen LogP contribution in [0.15, 0.2) is 60.9 Å². The maximum absolute atomic E-state index is 13.0. The molecule has 6 heteroatoms. The molecule has 0 atom stereocenters. The average molecular weight is 406 g/mol. The van der Waals surface area contributed by atoms with Gasteiger partial charge in [-0.05, 0) is 60.9 Å². The number of hydrogen-bond acceptors (Lipinski definition) is 3. The first kappa shape index (κ1) is 19.2. The van der Waals surface area contributed by atoms with E-state index in [1.807, 2.05) is 31.2 Å². The van der Waals surface area contributed by atoms with Gasteiger partial charge in [0, 0.05) is 41.5 Å². The Balaban J connectivity index is 1.65. The number of nitrogens with one attached hydrogen (secondary N) is 1. The molecule has 1 fully saturated rings. The van der Waals surface area contributed by atoms with Crippen molar-refractivity contribution < 1.29 is 9.59 Å².